The molecule has 0 radical (unpaired) electrons. The van der Waals surface area contributed by atoms with Crippen LogP contribution in [0.1, 0.15) is 58.7 Å². The number of aryl methyl sites for hydroxylation is 1. The van der Waals surface area contributed by atoms with E-state index in [1.54, 1.807) is 23.3 Å². The molecule has 1 unspecified atom stereocenters. The second-order valence-corrected chi connectivity index (χ2v) is 6.91. The molecule has 2 heterocycles. The number of hydrogen-bond donors (Lipinski definition) is 2. The highest BCUT2D eigenvalue weighted by molar-refractivity contribution is 7.12. The standard InChI is InChI=1S/C15H22N4OS/c1-8(2)13-12(16)14(18-17-13)15(20)19(5)10(4)11-7-6-9(3)21-11/h6-8,10H,16H2,1-5H3,(H,17,18). The van der Waals surface area contributed by atoms with E-state index >= 15 is 0 Å². The van der Waals surface area contributed by atoms with Gasteiger partial charge in [0.25, 0.3) is 5.91 Å². The molecule has 2 aromatic rings. The van der Waals surface area contributed by atoms with Gasteiger partial charge in [-0.1, -0.05) is 13.8 Å². The Morgan fingerprint density at radius 1 is 1.38 bits per heavy atom. The first kappa shape index (κ1) is 15.6. The molecule has 0 aliphatic rings. The van der Waals surface area contributed by atoms with Crippen LogP contribution in [0.4, 0.5) is 5.69 Å². The lowest BCUT2D eigenvalue weighted by molar-refractivity contribution is 0.0740. The average Bonchev–Trinajstić information content (AvgIpc) is 3.02. The van der Waals surface area contributed by atoms with Gasteiger partial charge in [0, 0.05) is 16.8 Å². The maximum atomic E-state index is 12.6. The number of H-pyrrole nitrogens is 1. The topological polar surface area (TPSA) is 75.0 Å². The number of carbonyl (C=O) groups is 1. The number of thiophene rings is 1. The normalized spacial score (nSPS) is 12.7. The molecule has 0 spiro atoms. The number of carbonyl (C=O) groups excluding carboxylic acids is 1. The summed E-state index contributed by atoms with van der Waals surface area (Å²) >= 11 is 1.70. The molecule has 3 N–H and O–H groups in total. The van der Waals surface area contributed by atoms with E-state index in [2.05, 4.69) is 29.3 Å². The fraction of sp³-hybridized carbons (Fsp3) is 0.467. The van der Waals surface area contributed by atoms with Crippen molar-refractivity contribution in [3.63, 3.8) is 0 Å². The van der Waals surface area contributed by atoms with Gasteiger partial charge in [-0.2, -0.15) is 5.10 Å². The number of rotatable bonds is 4. The van der Waals surface area contributed by atoms with Crippen molar-refractivity contribution >= 4 is 22.9 Å². The monoisotopic (exact) mass is 306 g/mol. The fourth-order valence-corrected chi connectivity index (χ4v) is 3.15. The van der Waals surface area contributed by atoms with E-state index in [4.69, 9.17) is 5.73 Å². The van der Waals surface area contributed by atoms with Gasteiger partial charge < -0.3 is 10.6 Å². The SMILES string of the molecule is Cc1ccc(C(C)N(C)C(=O)c2n[nH]c(C(C)C)c2N)s1. The Kier molecular flexibility index (Phi) is 4.37. The summed E-state index contributed by atoms with van der Waals surface area (Å²) in [4.78, 5) is 16.7. The highest BCUT2D eigenvalue weighted by Gasteiger charge is 2.25. The summed E-state index contributed by atoms with van der Waals surface area (Å²) in [5.41, 5.74) is 7.62. The van der Waals surface area contributed by atoms with E-state index < -0.39 is 0 Å². The zero-order valence-corrected chi connectivity index (χ0v) is 13.9. The molecule has 0 aromatic carbocycles. The summed E-state index contributed by atoms with van der Waals surface area (Å²) in [7, 11) is 1.78. The first-order valence-corrected chi connectivity index (χ1v) is 7.81. The van der Waals surface area contributed by atoms with E-state index in [9.17, 15) is 4.79 Å². The molecular weight excluding hydrogens is 284 g/mol. The largest absolute Gasteiger partial charge is 0.395 e. The number of aromatic nitrogens is 2. The molecule has 5 nitrogen and oxygen atoms in total. The Bertz CT molecular complexity index is 644. The molecule has 6 heteroatoms. The number of nitrogens with two attached hydrogens (primary N) is 1. The van der Waals surface area contributed by atoms with Gasteiger partial charge in [-0.05, 0) is 31.9 Å². The van der Waals surface area contributed by atoms with Gasteiger partial charge >= 0.3 is 0 Å². The molecule has 1 amide bonds. The second-order valence-electron chi connectivity index (χ2n) is 5.59. The number of aromatic amines is 1. The molecule has 0 aliphatic heterocycles. The summed E-state index contributed by atoms with van der Waals surface area (Å²) in [5, 5.41) is 6.97. The van der Waals surface area contributed by atoms with Crippen LogP contribution in [-0.2, 0) is 0 Å². The van der Waals surface area contributed by atoms with Crippen LogP contribution in [0.2, 0.25) is 0 Å². The Labute approximate surface area is 129 Å². The first-order valence-electron chi connectivity index (χ1n) is 7.00. The number of hydrogen-bond acceptors (Lipinski definition) is 4. The van der Waals surface area contributed by atoms with Gasteiger partial charge in [-0.3, -0.25) is 9.89 Å². The zero-order valence-electron chi connectivity index (χ0n) is 13.1. The molecule has 0 aliphatic carbocycles. The minimum Gasteiger partial charge on any atom is -0.395 e. The molecule has 0 saturated heterocycles. The summed E-state index contributed by atoms with van der Waals surface area (Å²) in [6.45, 7) is 8.09. The predicted octanol–water partition coefficient (Wildman–Crippen LogP) is 3.32. The van der Waals surface area contributed by atoms with E-state index in [1.807, 2.05) is 20.8 Å². The van der Waals surface area contributed by atoms with E-state index in [0.29, 0.717) is 11.4 Å². The van der Waals surface area contributed by atoms with Crippen LogP contribution in [0.15, 0.2) is 12.1 Å². The highest BCUT2D eigenvalue weighted by atomic mass is 32.1. The van der Waals surface area contributed by atoms with Crippen molar-refractivity contribution in [3.8, 4) is 0 Å². The van der Waals surface area contributed by atoms with Crippen LogP contribution >= 0.6 is 11.3 Å². The smallest absolute Gasteiger partial charge is 0.276 e. The van der Waals surface area contributed by atoms with Crippen molar-refractivity contribution in [2.75, 3.05) is 12.8 Å². The first-order chi connectivity index (χ1) is 9.82. The van der Waals surface area contributed by atoms with E-state index in [0.717, 1.165) is 10.6 Å². The third-order valence-electron chi connectivity index (χ3n) is 3.69. The van der Waals surface area contributed by atoms with Gasteiger partial charge in [0.05, 0.1) is 17.4 Å². The van der Waals surface area contributed by atoms with Gasteiger partial charge in [0.15, 0.2) is 5.69 Å². The van der Waals surface area contributed by atoms with Gasteiger partial charge in [-0.15, -0.1) is 11.3 Å². The third-order valence-corrected chi connectivity index (χ3v) is 4.86. The van der Waals surface area contributed by atoms with Crippen molar-refractivity contribution in [1.29, 1.82) is 0 Å². The predicted molar refractivity (Wildman–Crippen MR) is 86.7 cm³/mol. The fourth-order valence-electron chi connectivity index (χ4n) is 2.18. The maximum Gasteiger partial charge on any atom is 0.276 e. The second kappa shape index (κ2) is 5.89. The molecule has 2 aromatic heterocycles. The van der Waals surface area contributed by atoms with Gasteiger partial charge in [0.2, 0.25) is 0 Å². The molecule has 0 bridgehead atoms. The van der Waals surface area contributed by atoms with Crippen molar-refractivity contribution < 1.29 is 4.79 Å². The van der Waals surface area contributed by atoms with Crippen molar-refractivity contribution in [2.24, 2.45) is 0 Å². The minimum absolute atomic E-state index is 0.00481. The molecule has 0 fully saturated rings. The van der Waals surface area contributed by atoms with Crippen molar-refractivity contribution in [3.05, 3.63) is 33.3 Å². The van der Waals surface area contributed by atoms with Crippen molar-refractivity contribution in [1.82, 2.24) is 15.1 Å². The number of anilines is 1. The number of nitrogens with one attached hydrogen (secondary N) is 1. The van der Waals surface area contributed by atoms with Gasteiger partial charge in [0.1, 0.15) is 0 Å². The molecule has 21 heavy (non-hydrogen) atoms. The van der Waals surface area contributed by atoms with Crippen LogP contribution < -0.4 is 5.73 Å². The van der Waals surface area contributed by atoms with Crippen molar-refractivity contribution in [2.45, 2.75) is 39.7 Å². The number of amides is 1. The summed E-state index contributed by atoms with van der Waals surface area (Å²) in [5.74, 6) is 0.0518. The third kappa shape index (κ3) is 2.95. The van der Waals surface area contributed by atoms with Crippen LogP contribution in [0.25, 0.3) is 0 Å². The molecule has 0 saturated carbocycles. The quantitative estimate of drug-likeness (QED) is 0.910. The Hall–Kier alpha value is -1.82. The summed E-state index contributed by atoms with van der Waals surface area (Å²) in [6.07, 6.45) is 0. The van der Waals surface area contributed by atoms with E-state index in [-0.39, 0.29) is 17.9 Å². The molecular formula is C15H22N4OS. The summed E-state index contributed by atoms with van der Waals surface area (Å²) < 4.78 is 0. The average molecular weight is 306 g/mol. The number of nitrogens with zero attached hydrogens (tertiary/aromatic N) is 2. The molecule has 114 valence electrons. The lowest BCUT2D eigenvalue weighted by Crippen LogP contribution is -2.30. The summed E-state index contributed by atoms with van der Waals surface area (Å²) in [6, 6.07) is 4.12. The Balaban J connectivity index is 2.23. The van der Waals surface area contributed by atoms with Crippen LogP contribution in [0.3, 0.4) is 0 Å². The molecule has 1 atom stereocenters. The minimum atomic E-state index is -0.158. The lowest BCUT2D eigenvalue weighted by atomic mass is 10.1. The number of nitrogen functional groups attached to an aromatic ring is 1. The Morgan fingerprint density at radius 2 is 2.05 bits per heavy atom. The maximum absolute atomic E-state index is 12.6. The van der Waals surface area contributed by atoms with Gasteiger partial charge in [-0.25, -0.2) is 0 Å². The van der Waals surface area contributed by atoms with Crippen LogP contribution in [0, 0.1) is 6.92 Å². The lowest BCUT2D eigenvalue weighted by Gasteiger charge is -2.23. The molecule has 2 rings (SSSR count). The van der Waals surface area contributed by atoms with E-state index in [1.165, 1.54) is 4.88 Å². The van der Waals surface area contributed by atoms with Crippen LogP contribution in [-0.4, -0.2) is 28.1 Å². The zero-order chi connectivity index (χ0) is 15.7. The van der Waals surface area contributed by atoms with Crippen LogP contribution in [0.5, 0.6) is 0 Å². The Morgan fingerprint density at radius 3 is 2.52 bits per heavy atom. The highest BCUT2D eigenvalue weighted by Crippen LogP contribution is 2.29.